The summed E-state index contributed by atoms with van der Waals surface area (Å²) in [4.78, 5) is 12.5. The van der Waals surface area contributed by atoms with E-state index in [0.29, 0.717) is 12.3 Å². The van der Waals surface area contributed by atoms with E-state index in [1.807, 2.05) is 57.2 Å². The molecular weight excluding hydrogens is 298 g/mol. The van der Waals surface area contributed by atoms with Crippen molar-refractivity contribution in [1.82, 2.24) is 0 Å². The minimum absolute atomic E-state index is 0.117. The van der Waals surface area contributed by atoms with E-state index in [9.17, 15) is 4.79 Å². The molecule has 0 bridgehead atoms. The zero-order valence-electron chi connectivity index (χ0n) is 15.2. The molecule has 0 spiro atoms. The monoisotopic (exact) mass is 325 g/mol. The smallest absolute Gasteiger partial charge is 0.265 e. The van der Waals surface area contributed by atoms with Gasteiger partial charge in [-0.05, 0) is 67.1 Å². The number of nitrogens with one attached hydrogen (secondary N) is 1. The van der Waals surface area contributed by atoms with Crippen LogP contribution in [0, 0.1) is 13.8 Å². The highest BCUT2D eigenvalue weighted by Crippen LogP contribution is 2.20. The quantitative estimate of drug-likeness (QED) is 0.790. The molecule has 2 rings (SSSR count). The summed E-state index contributed by atoms with van der Waals surface area (Å²) in [6.07, 6.45) is 0.110. The Morgan fingerprint density at radius 3 is 2.12 bits per heavy atom. The molecule has 0 aromatic heterocycles. The van der Waals surface area contributed by atoms with Gasteiger partial charge in [-0.3, -0.25) is 4.79 Å². The Morgan fingerprint density at radius 2 is 1.62 bits per heavy atom. The van der Waals surface area contributed by atoms with Crippen LogP contribution in [0.3, 0.4) is 0 Å². The molecule has 2 aromatic carbocycles. The number of amides is 1. The van der Waals surface area contributed by atoms with Crippen molar-refractivity contribution in [3.05, 3.63) is 59.2 Å². The van der Waals surface area contributed by atoms with Crippen LogP contribution >= 0.6 is 0 Å². The molecule has 3 nitrogen and oxygen atoms in total. The summed E-state index contributed by atoms with van der Waals surface area (Å²) in [6.45, 7) is 10.3. The van der Waals surface area contributed by atoms with E-state index in [2.05, 4.69) is 25.2 Å². The molecule has 1 atom stereocenters. The van der Waals surface area contributed by atoms with E-state index in [1.165, 1.54) is 5.56 Å². The molecule has 3 heteroatoms. The third kappa shape index (κ3) is 4.85. The molecule has 2 aromatic rings. The fourth-order valence-corrected chi connectivity index (χ4v) is 2.66. The first kappa shape index (κ1) is 18.1. The topological polar surface area (TPSA) is 38.3 Å². The zero-order chi connectivity index (χ0) is 17.7. The molecule has 0 saturated carbocycles. The summed E-state index contributed by atoms with van der Waals surface area (Å²) in [7, 11) is 0. The Morgan fingerprint density at radius 1 is 1.04 bits per heavy atom. The van der Waals surface area contributed by atoms with Crippen LogP contribution < -0.4 is 10.1 Å². The van der Waals surface area contributed by atoms with Crippen molar-refractivity contribution in [3.63, 3.8) is 0 Å². The van der Waals surface area contributed by atoms with Crippen LogP contribution in [0.1, 0.15) is 49.8 Å². The molecule has 0 aliphatic carbocycles. The number of rotatable bonds is 6. The van der Waals surface area contributed by atoms with Crippen LogP contribution in [0.25, 0.3) is 0 Å². The normalized spacial score (nSPS) is 12.1. The average molecular weight is 325 g/mol. The molecular formula is C21H27NO2. The van der Waals surface area contributed by atoms with Crippen LogP contribution in [-0.4, -0.2) is 12.0 Å². The fourth-order valence-electron chi connectivity index (χ4n) is 2.66. The second kappa shape index (κ2) is 8.00. The van der Waals surface area contributed by atoms with Gasteiger partial charge in [-0.1, -0.05) is 39.0 Å². The molecule has 0 heterocycles. The van der Waals surface area contributed by atoms with Crippen molar-refractivity contribution < 1.29 is 9.53 Å². The molecule has 1 amide bonds. The third-order valence-corrected chi connectivity index (χ3v) is 3.98. The molecule has 0 aliphatic heterocycles. The molecule has 1 N–H and O–H groups in total. The van der Waals surface area contributed by atoms with Gasteiger partial charge in [0.2, 0.25) is 0 Å². The second-order valence-corrected chi connectivity index (χ2v) is 6.60. The molecule has 0 aliphatic rings. The van der Waals surface area contributed by atoms with Gasteiger partial charge in [-0.15, -0.1) is 0 Å². The Hall–Kier alpha value is -2.29. The zero-order valence-corrected chi connectivity index (χ0v) is 15.2. The number of carbonyl (C=O) groups is 1. The second-order valence-electron chi connectivity index (χ2n) is 6.60. The molecule has 128 valence electrons. The van der Waals surface area contributed by atoms with Crippen LogP contribution in [-0.2, 0) is 4.79 Å². The predicted molar refractivity (Wildman–Crippen MR) is 99.8 cm³/mol. The van der Waals surface area contributed by atoms with E-state index in [4.69, 9.17) is 4.74 Å². The summed E-state index contributed by atoms with van der Waals surface area (Å²) in [6, 6.07) is 14.0. The van der Waals surface area contributed by atoms with Crippen LogP contribution in [0.2, 0.25) is 0 Å². The SMILES string of the molecule is CC[C@H](Oc1cc(C)cc(C)c1)C(=O)Nc1ccc(C(C)C)cc1. The minimum Gasteiger partial charge on any atom is -0.481 e. The van der Waals surface area contributed by atoms with Crippen molar-refractivity contribution in [1.29, 1.82) is 0 Å². The number of hydrogen-bond acceptors (Lipinski definition) is 2. The van der Waals surface area contributed by atoms with Crippen LogP contribution in [0.5, 0.6) is 5.75 Å². The van der Waals surface area contributed by atoms with Gasteiger partial charge in [-0.25, -0.2) is 0 Å². The number of ether oxygens (including phenoxy) is 1. The van der Waals surface area contributed by atoms with E-state index < -0.39 is 6.10 Å². The lowest BCUT2D eigenvalue weighted by molar-refractivity contribution is -0.122. The minimum atomic E-state index is -0.504. The molecule has 24 heavy (non-hydrogen) atoms. The number of benzene rings is 2. The lowest BCUT2D eigenvalue weighted by Gasteiger charge is -2.18. The number of aryl methyl sites for hydroxylation is 2. The van der Waals surface area contributed by atoms with Crippen molar-refractivity contribution >= 4 is 11.6 Å². The van der Waals surface area contributed by atoms with Gasteiger partial charge >= 0.3 is 0 Å². The number of carbonyl (C=O) groups excluding carboxylic acids is 1. The average Bonchev–Trinajstić information content (AvgIpc) is 2.52. The van der Waals surface area contributed by atoms with Crippen molar-refractivity contribution in [2.75, 3.05) is 5.32 Å². The first-order valence-electron chi connectivity index (χ1n) is 8.54. The van der Waals surface area contributed by atoms with E-state index in [1.54, 1.807) is 0 Å². The molecule has 0 unspecified atom stereocenters. The fraction of sp³-hybridized carbons (Fsp3) is 0.381. The molecule has 0 radical (unpaired) electrons. The van der Waals surface area contributed by atoms with Crippen LogP contribution in [0.4, 0.5) is 5.69 Å². The number of hydrogen-bond donors (Lipinski definition) is 1. The van der Waals surface area contributed by atoms with Gasteiger partial charge in [0.05, 0.1) is 0 Å². The summed E-state index contributed by atoms with van der Waals surface area (Å²) < 4.78 is 5.91. The van der Waals surface area contributed by atoms with Gasteiger partial charge in [0.15, 0.2) is 6.10 Å². The highest BCUT2D eigenvalue weighted by Gasteiger charge is 2.19. The van der Waals surface area contributed by atoms with E-state index in [0.717, 1.165) is 22.6 Å². The van der Waals surface area contributed by atoms with Gasteiger partial charge in [0.25, 0.3) is 5.91 Å². The first-order chi connectivity index (χ1) is 11.4. The third-order valence-electron chi connectivity index (χ3n) is 3.98. The largest absolute Gasteiger partial charge is 0.481 e. The Balaban J connectivity index is 2.05. The predicted octanol–water partition coefficient (Wildman–Crippen LogP) is 5.22. The molecule has 0 fully saturated rings. The van der Waals surface area contributed by atoms with Crippen molar-refractivity contribution in [2.24, 2.45) is 0 Å². The Bertz CT molecular complexity index is 669. The van der Waals surface area contributed by atoms with E-state index in [-0.39, 0.29) is 5.91 Å². The lowest BCUT2D eigenvalue weighted by atomic mass is 10.0. The highest BCUT2D eigenvalue weighted by molar-refractivity contribution is 5.94. The first-order valence-corrected chi connectivity index (χ1v) is 8.54. The maximum Gasteiger partial charge on any atom is 0.265 e. The Kier molecular flexibility index (Phi) is 6.02. The summed E-state index contributed by atoms with van der Waals surface area (Å²) in [5, 5.41) is 2.94. The van der Waals surface area contributed by atoms with Crippen molar-refractivity contribution in [3.8, 4) is 5.75 Å². The molecule has 0 saturated heterocycles. The van der Waals surface area contributed by atoms with Gasteiger partial charge in [0.1, 0.15) is 5.75 Å². The summed E-state index contributed by atoms with van der Waals surface area (Å²) in [5.74, 6) is 1.10. The maximum atomic E-state index is 12.5. The standard InChI is InChI=1S/C21H27NO2/c1-6-20(24-19-12-15(4)11-16(5)13-19)21(23)22-18-9-7-17(8-10-18)14(2)3/h7-14,20H,6H2,1-5H3,(H,22,23)/t20-/m0/s1. The maximum absolute atomic E-state index is 12.5. The Labute approximate surface area is 145 Å². The van der Waals surface area contributed by atoms with Crippen molar-refractivity contribution in [2.45, 2.75) is 53.1 Å². The summed E-state index contributed by atoms with van der Waals surface area (Å²) >= 11 is 0. The van der Waals surface area contributed by atoms with Gasteiger partial charge < -0.3 is 10.1 Å². The summed E-state index contributed by atoms with van der Waals surface area (Å²) in [5.41, 5.74) is 4.31. The van der Waals surface area contributed by atoms with Gasteiger partial charge in [0, 0.05) is 5.69 Å². The number of anilines is 1. The van der Waals surface area contributed by atoms with Crippen LogP contribution in [0.15, 0.2) is 42.5 Å². The highest BCUT2D eigenvalue weighted by atomic mass is 16.5. The van der Waals surface area contributed by atoms with E-state index >= 15 is 0 Å². The lowest BCUT2D eigenvalue weighted by Crippen LogP contribution is -2.32. The van der Waals surface area contributed by atoms with Gasteiger partial charge in [-0.2, -0.15) is 0 Å².